The van der Waals surface area contributed by atoms with E-state index in [0.717, 1.165) is 50.0 Å². The number of aromatic nitrogens is 4. The Labute approximate surface area is 227 Å². The molecule has 210 valence electrons. The van der Waals surface area contributed by atoms with Crippen LogP contribution >= 0.6 is 0 Å². The topological polar surface area (TPSA) is 129 Å². The van der Waals surface area contributed by atoms with Crippen molar-refractivity contribution >= 4 is 17.0 Å². The summed E-state index contributed by atoms with van der Waals surface area (Å²) in [6, 6.07) is 9.44. The summed E-state index contributed by atoms with van der Waals surface area (Å²) in [5.74, 6) is -0.672. The maximum absolute atomic E-state index is 14.1. The molecule has 1 aliphatic rings. The fourth-order valence-electron chi connectivity index (χ4n) is 4.61. The van der Waals surface area contributed by atoms with Gasteiger partial charge in [0.25, 0.3) is 6.43 Å². The molecule has 1 fully saturated rings. The average Bonchev–Trinajstić information content (AvgIpc) is 3.29. The second-order valence-corrected chi connectivity index (χ2v) is 9.33. The van der Waals surface area contributed by atoms with Crippen LogP contribution < -0.4 is 15.2 Å². The van der Waals surface area contributed by atoms with Crippen molar-refractivity contribution in [3.63, 3.8) is 0 Å². The Hall–Kier alpha value is -4.23. The Morgan fingerprint density at radius 1 is 1.12 bits per heavy atom. The maximum Gasteiger partial charge on any atom is 0.335 e. The minimum Gasteiger partial charge on any atom is -0.483 e. The van der Waals surface area contributed by atoms with Crippen LogP contribution in [0.5, 0.6) is 11.6 Å². The second kappa shape index (κ2) is 11.9. The fourth-order valence-corrected chi connectivity index (χ4v) is 4.61. The molecule has 1 aliphatic heterocycles. The first-order valence-electron chi connectivity index (χ1n) is 12.6. The summed E-state index contributed by atoms with van der Waals surface area (Å²) in [7, 11) is 0. The summed E-state index contributed by atoms with van der Waals surface area (Å²) < 4.78 is 52.8. The Bertz CT molecular complexity index is 1510. The Morgan fingerprint density at radius 2 is 1.93 bits per heavy atom. The summed E-state index contributed by atoms with van der Waals surface area (Å²) in [5, 5.41) is 9.30. The number of carboxylic acids is 1. The molecule has 0 amide bonds. The number of nitrogens with zero attached hydrogens (tertiary/aromatic N) is 5. The molecule has 0 bridgehead atoms. The van der Waals surface area contributed by atoms with Crippen molar-refractivity contribution in [2.24, 2.45) is 5.73 Å². The van der Waals surface area contributed by atoms with Gasteiger partial charge in [-0.05, 0) is 49.2 Å². The smallest absolute Gasteiger partial charge is 0.335 e. The molecule has 4 aromatic rings. The summed E-state index contributed by atoms with van der Waals surface area (Å²) in [4.78, 5) is 26.7. The molecule has 1 saturated heterocycles. The van der Waals surface area contributed by atoms with Gasteiger partial charge in [-0.25, -0.2) is 27.9 Å². The largest absolute Gasteiger partial charge is 0.483 e. The minimum absolute atomic E-state index is 0.0781. The van der Waals surface area contributed by atoms with Crippen molar-refractivity contribution in [1.82, 2.24) is 24.4 Å². The summed E-state index contributed by atoms with van der Waals surface area (Å²) >= 11 is 0. The van der Waals surface area contributed by atoms with Gasteiger partial charge in [-0.15, -0.1) is 0 Å². The number of hydrogen-bond acceptors (Lipinski definition) is 8. The molecule has 5 rings (SSSR count). The zero-order valence-electron chi connectivity index (χ0n) is 21.3. The zero-order chi connectivity index (χ0) is 28.2. The van der Waals surface area contributed by atoms with Crippen LogP contribution in [0.25, 0.3) is 11.0 Å². The number of halogens is 3. The zero-order valence-corrected chi connectivity index (χ0v) is 21.3. The lowest BCUT2D eigenvalue weighted by Crippen LogP contribution is -2.38. The molecule has 0 atom stereocenters. The number of hydrogen-bond donors (Lipinski definition) is 2. The van der Waals surface area contributed by atoms with Gasteiger partial charge in [0.2, 0.25) is 5.88 Å². The molecule has 2 aromatic heterocycles. The first kappa shape index (κ1) is 27.3. The third-order valence-electron chi connectivity index (χ3n) is 6.69. The number of aromatic carboxylic acids is 1. The van der Waals surface area contributed by atoms with E-state index in [1.54, 1.807) is 18.2 Å². The van der Waals surface area contributed by atoms with Crippen molar-refractivity contribution in [3.8, 4) is 11.6 Å². The second-order valence-electron chi connectivity index (χ2n) is 9.33. The van der Waals surface area contributed by atoms with Gasteiger partial charge >= 0.3 is 5.97 Å². The molecule has 0 saturated carbocycles. The Balaban J connectivity index is 1.15. The van der Waals surface area contributed by atoms with Crippen LogP contribution in [0.15, 0.2) is 48.7 Å². The minimum atomic E-state index is -2.77. The summed E-state index contributed by atoms with van der Waals surface area (Å²) in [6.45, 7) is 2.07. The SMILES string of the molecule is NCn1c(CN2CCC(Oc3ccnc(COc4ccc(C(F)F)cc4F)n3)CC2)nc2ccc(C(=O)O)cc21. The lowest BCUT2D eigenvalue weighted by Gasteiger charge is -2.31. The van der Waals surface area contributed by atoms with E-state index in [0.29, 0.717) is 23.5 Å². The van der Waals surface area contributed by atoms with Gasteiger partial charge in [0.15, 0.2) is 17.4 Å². The van der Waals surface area contributed by atoms with Crippen LogP contribution in [-0.2, 0) is 19.8 Å². The quantitative estimate of drug-likeness (QED) is 0.296. The van der Waals surface area contributed by atoms with Gasteiger partial charge in [-0.3, -0.25) is 4.90 Å². The van der Waals surface area contributed by atoms with Crippen LogP contribution in [0.2, 0.25) is 0 Å². The van der Waals surface area contributed by atoms with Crippen molar-refractivity contribution in [1.29, 1.82) is 0 Å². The van der Waals surface area contributed by atoms with Crippen LogP contribution in [0.3, 0.4) is 0 Å². The van der Waals surface area contributed by atoms with E-state index < -0.39 is 23.8 Å². The number of imidazole rings is 1. The standard InChI is InChI=1S/C27H27F3N6O4/c28-19-11-16(26(29)30)2-4-22(19)39-14-23-32-8-5-25(34-23)40-18-6-9-35(10-7-18)13-24-33-20-3-1-17(27(37)38)12-21(20)36(24)15-31/h1-5,8,11-12,18,26H,6-7,9-10,13-15,31H2,(H,37,38). The predicted octanol–water partition coefficient (Wildman–Crippen LogP) is 4.14. The first-order valence-corrected chi connectivity index (χ1v) is 12.6. The Kier molecular flexibility index (Phi) is 8.12. The number of likely N-dealkylation sites (tertiary alicyclic amines) is 1. The number of nitrogens with two attached hydrogens (primary N) is 1. The van der Waals surface area contributed by atoms with E-state index in [4.69, 9.17) is 15.2 Å². The van der Waals surface area contributed by atoms with E-state index in [2.05, 4.69) is 19.9 Å². The molecule has 0 aliphatic carbocycles. The molecular formula is C27H27F3N6O4. The van der Waals surface area contributed by atoms with Gasteiger partial charge < -0.3 is 24.9 Å². The third-order valence-corrected chi connectivity index (χ3v) is 6.69. The number of piperidine rings is 1. The molecule has 2 aromatic carbocycles. The number of carbonyl (C=O) groups is 1. The monoisotopic (exact) mass is 556 g/mol. The van der Waals surface area contributed by atoms with Crippen LogP contribution in [0.1, 0.15) is 46.8 Å². The van der Waals surface area contributed by atoms with Crippen molar-refractivity contribution < 1.29 is 32.5 Å². The molecular weight excluding hydrogens is 529 g/mol. The number of ether oxygens (including phenoxy) is 2. The van der Waals surface area contributed by atoms with Crippen molar-refractivity contribution in [3.05, 3.63) is 77.3 Å². The number of fused-ring (bicyclic) bond motifs is 1. The van der Waals surface area contributed by atoms with E-state index >= 15 is 0 Å². The number of benzene rings is 2. The van der Waals surface area contributed by atoms with E-state index in [9.17, 15) is 23.1 Å². The molecule has 0 unspecified atom stereocenters. The van der Waals surface area contributed by atoms with E-state index in [-0.39, 0.29) is 36.5 Å². The van der Waals surface area contributed by atoms with Gasteiger partial charge in [-0.1, -0.05) is 0 Å². The summed E-state index contributed by atoms with van der Waals surface area (Å²) in [5.41, 5.74) is 7.10. The maximum atomic E-state index is 14.1. The van der Waals surface area contributed by atoms with Crippen molar-refractivity contribution in [2.75, 3.05) is 13.1 Å². The highest BCUT2D eigenvalue weighted by Crippen LogP contribution is 2.26. The highest BCUT2D eigenvalue weighted by atomic mass is 19.3. The molecule has 0 spiro atoms. The fraction of sp³-hybridized carbons (Fsp3) is 0.333. The number of carboxylic acid groups (broad SMARTS) is 1. The lowest BCUT2D eigenvalue weighted by atomic mass is 10.1. The van der Waals surface area contributed by atoms with Gasteiger partial charge in [0.1, 0.15) is 18.5 Å². The predicted molar refractivity (Wildman–Crippen MR) is 138 cm³/mol. The lowest BCUT2D eigenvalue weighted by molar-refractivity contribution is 0.0697. The molecule has 10 nitrogen and oxygen atoms in total. The number of alkyl halides is 2. The van der Waals surface area contributed by atoms with Crippen LogP contribution in [-0.4, -0.2) is 54.7 Å². The molecule has 40 heavy (non-hydrogen) atoms. The third kappa shape index (κ3) is 6.15. The summed E-state index contributed by atoms with van der Waals surface area (Å²) in [6.07, 6.45) is 0.147. The molecule has 3 N–H and O–H groups in total. The highest BCUT2D eigenvalue weighted by Gasteiger charge is 2.23. The van der Waals surface area contributed by atoms with E-state index in [1.807, 2.05) is 4.57 Å². The molecule has 13 heteroatoms. The van der Waals surface area contributed by atoms with Gasteiger partial charge in [-0.2, -0.15) is 4.98 Å². The van der Waals surface area contributed by atoms with Crippen LogP contribution in [0, 0.1) is 5.82 Å². The highest BCUT2D eigenvalue weighted by molar-refractivity contribution is 5.92. The average molecular weight is 557 g/mol. The molecule has 0 radical (unpaired) electrons. The van der Waals surface area contributed by atoms with Gasteiger partial charge in [0.05, 0.1) is 29.8 Å². The normalized spacial score (nSPS) is 14.6. The number of rotatable bonds is 10. The van der Waals surface area contributed by atoms with Gasteiger partial charge in [0, 0.05) is 30.9 Å². The van der Waals surface area contributed by atoms with E-state index in [1.165, 1.54) is 12.3 Å². The van der Waals surface area contributed by atoms with Crippen molar-refractivity contribution in [2.45, 2.75) is 45.2 Å². The Morgan fingerprint density at radius 3 is 2.62 bits per heavy atom. The molecule has 3 heterocycles. The first-order chi connectivity index (χ1) is 19.3. The van der Waals surface area contributed by atoms with Crippen LogP contribution in [0.4, 0.5) is 13.2 Å².